The van der Waals surface area contributed by atoms with E-state index in [0.717, 1.165) is 5.69 Å². The summed E-state index contributed by atoms with van der Waals surface area (Å²) in [6.07, 6.45) is 0. The van der Waals surface area contributed by atoms with Crippen LogP contribution in [-0.2, 0) is 7.05 Å². The number of aromatic nitrogens is 3. The second kappa shape index (κ2) is 3.77. The van der Waals surface area contributed by atoms with Gasteiger partial charge in [0.15, 0.2) is 0 Å². The molecule has 82 valence electrons. The molecule has 0 unspecified atom stereocenters. The molecule has 2 heterocycles. The molecule has 16 heavy (non-hydrogen) atoms. The van der Waals surface area contributed by atoms with Crippen molar-refractivity contribution in [3.05, 3.63) is 35.7 Å². The largest absolute Gasteiger partial charge is 0.477 e. The fourth-order valence-corrected chi connectivity index (χ4v) is 1.48. The molecule has 2 aromatic rings. The van der Waals surface area contributed by atoms with E-state index in [1.807, 2.05) is 19.1 Å². The Kier molecular flexibility index (Phi) is 2.44. The molecule has 0 aromatic carbocycles. The minimum atomic E-state index is -0.992. The van der Waals surface area contributed by atoms with Gasteiger partial charge in [0.25, 0.3) is 0 Å². The van der Waals surface area contributed by atoms with Crippen molar-refractivity contribution in [1.29, 1.82) is 0 Å². The van der Waals surface area contributed by atoms with Crippen molar-refractivity contribution in [3.8, 4) is 11.4 Å². The molecule has 0 atom stereocenters. The quantitative estimate of drug-likeness (QED) is 0.827. The molecule has 0 aliphatic rings. The van der Waals surface area contributed by atoms with Gasteiger partial charge in [-0.15, -0.1) is 0 Å². The van der Waals surface area contributed by atoms with Gasteiger partial charge < -0.3 is 5.11 Å². The molecule has 0 bridgehead atoms. The number of pyridine rings is 1. The Bertz CT molecular complexity index is 546. The van der Waals surface area contributed by atoms with Gasteiger partial charge in [0, 0.05) is 18.8 Å². The van der Waals surface area contributed by atoms with Crippen LogP contribution in [0.15, 0.2) is 24.3 Å². The Morgan fingerprint density at radius 1 is 1.38 bits per heavy atom. The predicted molar refractivity (Wildman–Crippen MR) is 58.1 cm³/mol. The van der Waals surface area contributed by atoms with Crippen molar-refractivity contribution in [2.75, 3.05) is 0 Å². The second-order valence-corrected chi connectivity index (χ2v) is 3.51. The van der Waals surface area contributed by atoms with Crippen molar-refractivity contribution >= 4 is 5.97 Å². The van der Waals surface area contributed by atoms with E-state index in [-0.39, 0.29) is 5.69 Å². The first-order valence-electron chi connectivity index (χ1n) is 4.79. The molecule has 0 aliphatic heterocycles. The van der Waals surface area contributed by atoms with Gasteiger partial charge in [0.05, 0.1) is 5.69 Å². The highest BCUT2D eigenvalue weighted by atomic mass is 16.4. The zero-order valence-electron chi connectivity index (χ0n) is 9.01. The Labute approximate surface area is 92.4 Å². The maximum absolute atomic E-state index is 10.9. The summed E-state index contributed by atoms with van der Waals surface area (Å²) in [5.74, 6) is -0.992. The lowest BCUT2D eigenvalue weighted by Crippen LogP contribution is -2.04. The van der Waals surface area contributed by atoms with Crippen LogP contribution in [-0.4, -0.2) is 25.8 Å². The number of carboxylic acids is 1. The number of aryl methyl sites for hydroxylation is 2. The van der Waals surface area contributed by atoms with Crippen LogP contribution in [0.5, 0.6) is 0 Å². The first-order chi connectivity index (χ1) is 7.58. The molecule has 5 heteroatoms. The summed E-state index contributed by atoms with van der Waals surface area (Å²) in [6, 6.07) is 7.07. The first-order valence-corrected chi connectivity index (χ1v) is 4.79. The number of aromatic carboxylic acids is 1. The Morgan fingerprint density at radius 2 is 2.12 bits per heavy atom. The molecule has 0 saturated carbocycles. The molecule has 0 fully saturated rings. The highest BCUT2D eigenvalue weighted by molar-refractivity contribution is 5.87. The van der Waals surface area contributed by atoms with Gasteiger partial charge in [-0.1, -0.05) is 6.07 Å². The standard InChI is InChI=1S/C11H11N3O2/c1-7-4-3-5-8(12-7)9-6-10(11(15)16)14(2)13-9/h3-6H,1-2H3,(H,15,16). The molecule has 2 aromatic heterocycles. The van der Waals surface area contributed by atoms with Crippen LogP contribution in [0.4, 0.5) is 0 Å². The topological polar surface area (TPSA) is 68.0 Å². The monoisotopic (exact) mass is 217 g/mol. The molecular formula is C11H11N3O2. The van der Waals surface area contributed by atoms with E-state index < -0.39 is 5.97 Å². The molecule has 0 aliphatic carbocycles. The van der Waals surface area contributed by atoms with E-state index in [9.17, 15) is 4.79 Å². The van der Waals surface area contributed by atoms with E-state index in [1.54, 1.807) is 13.1 Å². The van der Waals surface area contributed by atoms with E-state index >= 15 is 0 Å². The van der Waals surface area contributed by atoms with E-state index in [0.29, 0.717) is 11.4 Å². The highest BCUT2D eigenvalue weighted by Gasteiger charge is 2.13. The summed E-state index contributed by atoms with van der Waals surface area (Å²) < 4.78 is 1.34. The summed E-state index contributed by atoms with van der Waals surface area (Å²) in [6.45, 7) is 1.88. The maximum Gasteiger partial charge on any atom is 0.354 e. The number of hydrogen-bond donors (Lipinski definition) is 1. The summed E-state index contributed by atoms with van der Waals surface area (Å²) in [4.78, 5) is 15.1. The third-order valence-corrected chi connectivity index (χ3v) is 2.25. The van der Waals surface area contributed by atoms with Gasteiger partial charge in [0.1, 0.15) is 11.4 Å². The smallest absolute Gasteiger partial charge is 0.354 e. The molecular weight excluding hydrogens is 206 g/mol. The maximum atomic E-state index is 10.9. The average Bonchev–Trinajstić information content (AvgIpc) is 2.60. The zero-order chi connectivity index (χ0) is 11.7. The number of nitrogens with zero attached hydrogens (tertiary/aromatic N) is 3. The van der Waals surface area contributed by atoms with E-state index in [2.05, 4.69) is 10.1 Å². The molecule has 5 nitrogen and oxygen atoms in total. The molecule has 1 N–H and O–H groups in total. The average molecular weight is 217 g/mol. The molecule has 0 saturated heterocycles. The highest BCUT2D eigenvalue weighted by Crippen LogP contribution is 2.16. The normalized spacial score (nSPS) is 10.4. The van der Waals surface area contributed by atoms with Crippen molar-refractivity contribution < 1.29 is 9.90 Å². The lowest BCUT2D eigenvalue weighted by Gasteiger charge is -1.96. The number of carboxylic acid groups (broad SMARTS) is 1. The first kappa shape index (κ1) is 10.4. The van der Waals surface area contributed by atoms with Crippen molar-refractivity contribution in [3.63, 3.8) is 0 Å². The predicted octanol–water partition coefficient (Wildman–Crippen LogP) is 1.49. The Balaban J connectivity index is 2.49. The van der Waals surface area contributed by atoms with Gasteiger partial charge in [-0.05, 0) is 19.1 Å². The van der Waals surface area contributed by atoms with E-state index in [4.69, 9.17) is 5.11 Å². The van der Waals surface area contributed by atoms with E-state index in [1.165, 1.54) is 10.7 Å². The van der Waals surface area contributed by atoms with Gasteiger partial charge in [-0.3, -0.25) is 9.67 Å². The van der Waals surface area contributed by atoms with Crippen LogP contribution in [0, 0.1) is 6.92 Å². The molecule has 2 rings (SSSR count). The molecule has 0 spiro atoms. The zero-order valence-corrected chi connectivity index (χ0v) is 9.01. The van der Waals surface area contributed by atoms with Gasteiger partial charge in [0.2, 0.25) is 0 Å². The summed E-state index contributed by atoms with van der Waals surface area (Å²) in [5.41, 5.74) is 2.28. The van der Waals surface area contributed by atoms with Crippen LogP contribution in [0.25, 0.3) is 11.4 Å². The van der Waals surface area contributed by atoms with Crippen molar-refractivity contribution in [2.45, 2.75) is 6.92 Å². The SMILES string of the molecule is Cc1cccc(-c2cc(C(=O)O)n(C)n2)n1. The Morgan fingerprint density at radius 3 is 2.69 bits per heavy atom. The fraction of sp³-hybridized carbons (Fsp3) is 0.182. The van der Waals surface area contributed by atoms with Crippen LogP contribution >= 0.6 is 0 Å². The minimum Gasteiger partial charge on any atom is -0.477 e. The van der Waals surface area contributed by atoms with Gasteiger partial charge in [-0.25, -0.2) is 4.79 Å². The minimum absolute atomic E-state index is 0.151. The number of hydrogen-bond acceptors (Lipinski definition) is 3. The third kappa shape index (κ3) is 1.79. The van der Waals surface area contributed by atoms with Crippen LogP contribution < -0.4 is 0 Å². The molecule has 0 radical (unpaired) electrons. The van der Waals surface area contributed by atoms with Crippen molar-refractivity contribution in [1.82, 2.24) is 14.8 Å². The Hall–Kier alpha value is -2.17. The lowest BCUT2D eigenvalue weighted by molar-refractivity contribution is 0.0685. The number of carbonyl (C=O) groups is 1. The van der Waals surface area contributed by atoms with Crippen molar-refractivity contribution in [2.24, 2.45) is 7.05 Å². The second-order valence-electron chi connectivity index (χ2n) is 3.51. The van der Waals surface area contributed by atoms with Gasteiger partial charge in [-0.2, -0.15) is 5.10 Å². The van der Waals surface area contributed by atoms with Gasteiger partial charge >= 0.3 is 5.97 Å². The van der Waals surface area contributed by atoms with Crippen LogP contribution in [0.1, 0.15) is 16.2 Å². The fourth-order valence-electron chi connectivity index (χ4n) is 1.48. The summed E-state index contributed by atoms with van der Waals surface area (Å²) in [5, 5.41) is 13.0. The summed E-state index contributed by atoms with van der Waals surface area (Å²) >= 11 is 0. The van der Waals surface area contributed by atoms with Crippen LogP contribution in [0.3, 0.4) is 0 Å². The third-order valence-electron chi connectivity index (χ3n) is 2.25. The van der Waals surface area contributed by atoms with Crippen LogP contribution in [0.2, 0.25) is 0 Å². The summed E-state index contributed by atoms with van der Waals surface area (Å²) in [7, 11) is 1.60. The number of rotatable bonds is 2. The molecule has 0 amide bonds. The lowest BCUT2D eigenvalue weighted by atomic mass is 10.2.